The van der Waals surface area contributed by atoms with E-state index in [1.165, 1.54) is 5.56 Å². The van der Waals surface area contributed by atoms with Gasteiger partial charge in [-0.3, -0.25) is 4.79 Å². The van der Waals surface area contributed by atoms with Crippen molar-refractivity contribution >= 4 is 5.91 Å². The Morgan fingerprint density at radius 1 is 1.18 bits per heavy atom. The summed E-state index contributed by atoms with van der Waals surface area (Å²) in [5, 5.41) is 0. The highest BCUT2D eigenvalue weighted by Crippen LogP contribution is 2.39. The molecule has 0 aliphatic carbocycles. The summed E-state index contributed by atoms with van der Waals surface area (Å²) in [4.78, 5) is 16.4. The SMILES string of the molecule is CN1CCC2(C1)CN(C)C(=O)c1ccccc12. The molecular weight excluding hydrogens is 212 g/mol. The van der Waals surface area contributed by atoms with Crippen LogP contribution in [0.3, 0.4) is 0 Å². The van der Waals surface area contributed by atoms with E-state index in [1.54, 1.807) is 0 Å². The molecular formula is C14H18N2O. The number of amides is 1. The van der Waals surface area contributed by atoms with Crippen LogP contribution >= 0.6 is 0 Å². The zero-order valence-corrected chi connectivity index (χ0v) is 10.4. The van der Waals surface area contributed by atoms with Crippen molar-refractivity contribution in [2.24, 2.45) is 0 Å². The minimum atomic E-state index is 0.161. The number of likely N-dealkylation sites (N-methyl/N-ethyl adjacent to an activating group) is 2. The van der Waals surface area contributed by atoms with Crippen LogP contribution in [0.2, 0.25) is 0 Å². The predicted molar refractivity (Wildman–Crippen MR) is 67.2 cm³/mol. The maximum atomic E-state index is 12.2. The van der Waals surface area contributed by atoms with Gasteiger partial charge in [0.1, 0.15) is 0 Å². The number of hydrogen-bond acceptors (Lipinski definition) is 2. The standard InChI is InChI=1S/C14H18N2O/c1-15-8-7-14(9-15)10-16(2)13(17)11-5-3-4-6-12(11)14/h3-6H,7-10H2,1-2H3. The van der Waals surface area contributed by atoms with E-state index in [-0.39, 0.29) is 11.3 Å². The minimum absolute atomic E-state index is 0.161. The number of likely N-dealkylation sites (tertiary alicyclic amines) is 1. The lowest BCUT2D eigenvalue weighted by atomic mass is 9.74. The van der Waals surface area contributed by atoms with E-state index >= 15 is 0 Å². The van der Waals surface area contributed by atoms with Gasteiger partial charge in [-0.1, -0.05) is 18.2 Å². The van der Waals surface area contributed by atoms with Gasteiger partial charge in [-0.05, 0) is 31.6 Å². The van der Waals surface area contributed by atoms with Crippen molar-refractivity contribution in [3.63, 3.8) is 0 Å². The second-order valence-corrected chi connectivity index (χ2v) is 5.47. The molecule has 3 rings (SSSR count). The average Bonchev–Trinajstić information content (AvgIpc) is 2.69. The summed E-state index contributed by atoms with van der Waals surface area (Å²) in [7, 11) is 4.08. The molecule has 3 nitrogen and oxygen atoms in total. The molecule has 0 aromatic heterocycles. The molecule has 0 bridgehead atoms. The predicted octanol–water partition coefficient (Wildman–Crippen LogP) is 1.35. The molecule has 1 spiro atoms. The minimum Gasteiger partial charge on any atom is -0.341 e. The first-order chi connectivity index (χ1) is 8.12. The van der Waals surface area contributed by atoms with Gasteiger partial charge >= 0.3 is 0 Å². The lowest BCUT2D eigenvalue weighted by Crippen LogP contribution is -2.49. The zero-order valence-electron chi connectivity index (χ0n) is 10.4. The van der Waals surface area contributed by atoms with Gasteiger partial charge in [0.05, 0.1) is 0 Å². The Bertz CT molecular complexity index is 471. The number of carbonyl (C=O) groups excluding carboxylic acids is 1. The molecule has 0 N–H and O–H groups in total. The maximum Gasteiger partial charge on any atom is 0.253 e. The van der Waals surface area contributed by atoms with Gasteiger partial charge in [-0.25, -0.2) is 0 Å². The Morgan fingerprint density at radius 2 is 1.94 bits per heavy atom. The second-order valence-electron chi connectivity index (χ2n) is 5.47. The van der Waals surface area contributed by atoms with Gasteiger partial charge < -0.3 is 9.80 Å². The third kappa shape index (κ3) is 1.49. The monoisotopic (exact) mass is 230 g/mol. The molecule has 17 heavy (non-hydrogen) atoms. The summed E-state index contributed by atoms with van der Waals surface area (Å²) in [6.07, 6.45) is 1.15. The Hall–Kier alpha value is -1.35. The molecule has 2 heterocycles. The lowest BCUT2D eigenvalue weighted by Gasteiger charge is -2.40. The smallest absolute Gasteiger partial charge is 0.253 e. The summed E-state index contributed by atoms with van der Waals surface area (Å²) in [5.74, 6) is 0.167. The largest absolute Gasteiger partial charge is 0.341 e. The quantitative estimate of drug-likeness (QED) is 0.671. The van der Waals surface area contributed by atoms with E-state index < -0.39 is 0 Å². The van der Waals surface area contributed by atoms with E-state index in [0.29, 0.717) is 0 Å². The molecule has 1 unspecified atom stereocenters. The molecule has 1 fully saturated rings. The number of hydrogen-bond donors (Lipinski definition) is 0. The van der Waals surface area contributed by atoms with Crippen molar-refractivity contribution in [3.8, 4) is 0 Å². The molecule has 90 valence electrons. The summed E-state index contributed by atoms with van der Waals surface area (Å²) in [6, 6.07) is 8.12. The number of rotatable bonds is 0. The van der Waals surface area contributed by atoms with E-state index in [0.717, 1.165) is 31.6 Å². The van der Waals surface area contributed by atoms with Crippen molar-refractivity contribution in [1.29, 1.82) is 0 Å². The van der Waals surface area contributed by atoms with Gasteiger partial charge in [0.15, 0.2) is 0 Å². The molecule has 1 amide bonds. The van der Waals surface area contributed by atoms with Crippen molar-refractivity contribution < 1.29 is 4.79 Å². The maximum absolute atomic E-state index is 12.2. The zero-order chi connectivity index (χ0) is 12.0. The average molecular weight is 230 g/mol. The van der Waals surface area contributed by atoms with Gasteiger partial charge in [-0.2, -0.15) is 0 Å². The molecule has 0 saturated carbocycles. The summed E-state index contributed by atoms with van der Waals surface area (Å²) >= 11 is 0. The van der Waals surface area contributed by atoms with Gasteiger partial charge in [0.2, 0.25) is 0 Å². The normalized spacial score (nSPS) is 28.8. The van der Waals surface area contributed by atoms with Crippen LogP contribution in [-0.4, -0.2) is 49.4 Å². The molecule has 3 heteroatoms. The van der Waals surface area contributed by atoms with Crippen molar-refractivity contribution in [1.82, 2.24) is 9.80 Å². The van der Waals surface area contributed by atoms with E-state index in [2.05, 4.69) is 24.1 Å². The van der Waals surface area contributed by atoms with Gasteiger partial charge in [0.25, 0.3) is 5.91 Å². The van der Waals surface area contributed by atoms with Crippen LogP contribution in [-0.2, 0) is 5.41 Å². The highest BCUT2D eigenvalue weighted by atomic mass is 16.2. The fraction of sp³-hybridized carbons (Fsp3) is 0.500. The Morgan fingerprint density at radius 3 is 2.65 bits per heavy atom. The second kappa shape index (κ2) is 3.57. The molecule has 2 aliphatic rings. The van der Waals surface area contributed by atoms with Crippen LogP contribution in [0.5, 0.6) is 0 Å². The fourth-order valence-corrected chi connectivity index (χ4v) is 3.38. The first-order valence-corrected chi connectivity index (χ1v) is 6.16. The molecule has 1 saturated heterocycles. The molecule has 1 aromatic carbocycles. The summed E-state index contributed by atoms with van der Waals surface area (Å²) in [6.45, 7) is 3.03. The van der Waals surface area contributed by atoms with Crippen LogP contribution < -0.4 is 0 Å². The lowest BCUT2D eigenvalue weighted by molar-refractivity contribution is 0.0725. The molecule has 1 atom stereocenters. The summed E-state index contributed by atoms with van der Waals surface area (Å²) in [5.41, 5.74) is 2.32. The summed E-state index contributed by atoms with van der Waals surface area (Å²) < 4.78 is 0. The topological polar surface area (TPSA) is 23.6 Å². The van der Waals surface area contributed by atoms with Gasteiger partial charge in [-0.15, -0.1) is 0 Å². The van der Waals surface area contributed by atoms with Crippen LogP contribution in [0.25, 0.3) is 0 Å². The van der Waals surface area contributed by atoms with Crippen LogP contribution in [0, 0.1) is 0 Å². The Labute approximate surface area is 102 Å². The molecule has 1 aromatic rings. The number of fused-ring (bicyclic) bond motifs is 2. The van der Waals surface area contributed by atoms with Crippen LogP contribution in [0.4, 0.5) is 0 Å². The van der Waals surface area contributed by atoms with E-state index in [1.807, 2.05) is 24.1 Å². The van der Waals surface area contributed by atoms with Crippen molar-refractivity contribution in [2.45, 2.75) is 11.8 Å². The highest BCUT2D eigenvalue weighted by Gasteiger charge is 2.45. The Kier molecular flexibility index (Phi) is 2.26. The van der Waals surface area contributed by atoms with E-state index in [9.17, 15) is 4.79 Å². The molecule has 0 radical (unpaired) electrons. The fourth-order valence-electron chi connectivity index (χ4n) is 3.38. The first-order valence-electron chi connectivity index (χ1n) is 6.16. The third-order valence-corrected chi connectivity index (χ3v) is 4.16. The number of benzene rings is 1. The van der Waals surface area contributed by atoms with Crippen LogP contribution in [0.1, 0.15) is 22.3 Å². The highest BCUT2D eigenvalue weighted by molar-refractivity contribution is 5.97. The third-order valence-electron chi connectivity index (χ3n) is 4.16. The van der Waals surface area contributed by atoms with Crippen LogP contribution in [0.15, 0.2) is 24.3 Å². The Balaban J connectivity index is 2.14. The van der Waals surface area contributed by atoms with E-state index in [4.69, 9.17) is 0 Å². The number of nitrogens with zero attached hydrogens (tertiary/aromatic N) is 2. The van der Waals surface area contributed by atoms with Crippen molar-refractivity contribution in [2.75, 3.05) is 33.7 Å². The van der Waals surface area contributed by atoms with Crippen molar-refractivity contribution in [3.05, 3.63) is 35.4 Å². The molecule has 2 aliphatic heterocycles. The first kappa shape index (κ1) is 10.8. The van der Waals surface area contributed by atoms with Gasteiger partial charge in [0, 0.05) is 31.1 Å². The number of carbonyl (C=O) groups is 1.